The molecule has 0 fully saturated rings. The monoisotopic (exact) mass is 346 g/mol. The molecule has 0 aliphatic heterocycles. The van der Waals surface area contributed by atoms with Crippen molar-refractivity contribution >= 4 is 22.2 Å². The molecule has 0 saturated carbocycles. The summed E-state index contributed by atoms with van der Waals surface area (Å²) in [5.74, 6) is -0.275. The van der Waals surface area contributed by atoms with Crippen LogP contribution < -0.4 is 5.32 Å². The molecule has 7 heteroatoms. The number of imidazole rings is 1. The van der Waals surface area contributed by atoms with E-state index in [2.05, 4.69) is 10.3 Å². The lowest BCUT2D eigenvalue weighted by Crippen LogP contribution is -2.32. The smallest absolute Gasteiger partial charge is 0.226 e. The number of thiazole rings is 1. The molecule has 126 valence electrons. The average molecular weight is 346 g/mol. The number of amides is 1. The first-order valence-electron chi connectivity index (χ1n) is 7.66. The van der Waals surface area contributed by atoms with E-state index in [1.54, 1.807) is 12.1 Å². The minimum Gasteiger partial charge on any atom is -0.354 e. The Labute approximate surface area is 143 Å². The van der Waals surface area contributed by atoms with Crippen LogP contribution in [0.4, 0.5) is 4.39 Å². The fourth-order valence-electron chi connectivity index (χ4n) is 2.36. The minimum absolute atomic E-state index is 0.00594. The number of fused-ring (bicyclic) bond motifs is 1. The van der Waals surface area contributed by atoms with Gasteiger partial charge in [0.2, 0.25) is 5.91 Å². The molecule has 0 aliphatic rings. The Bertz CT molecular complexity index is 838. The van der Waals surface area contributed by atoms with Crippen LogP contribution in [0.15, 0.2) is 35.8 Å². The van der Waals surface area contributed by atoms with Gasteiger partial charge in [0, 0.05) is 35.9 Å². The van der Waals surface area contributed by atoms with E-state index in [1.165, 1.54) is 23.5 Å². The lowest BCUT2D eigenvalue weighted by Gasteiger charge is -2.10. The number of likely N-dealkylation sites (N-methyl/N-ethyl adjacent to an activating group) is 1. The molecule has 1 N–H and O–H groups in total. The first-order valence-corrected chi connectivity index (χ1v) is 8.54. The van der Waals surface area contributed by atoms with Gasteiger partial charge in [-0.25, -0.2) is 9.37 Å². The highest BCUT2D eigenvalue weighted by atomic mass is 32.1. The second-order valence-electron chi connectivity index (χ2n) is 5.84. The zero-order valence-corrected chi connectivity index (χ0v) is 14.4. The maximum Gasteiger partial charge on any atom is 0.226 e. The Balaban J connectivity index is 1.73. The Morgan fingerprint density at radius 1 is 1.33 bits per heavy atom. The molecule has 0 saturated heterocycles. The molecule has 2 heterocycles. The number of hydrogen-bond acceptors (Lipinski definition) is 4. The second kappa shape index (κ2) is 7.11. The third kappa shape index (κ3) is 3.80. The number of carbonyl (C=O) groups is 1. The van der Waals surface area contributed by atoms with Crippen LogP contribution in [0.5, 0.6) is 0 Å². The van der Waals surface area contributed by atoms with Crippen molar-refractivity contribution in [2.75, 3.05) is 27.2 Å². The van der Waals surface area contributed by atoms with Gasteiger partial charge >= 0.3 is 0 Å². The lowest BCUT2D eigenvalue weighted by molar-refractivity contribution is -0.120. The maximum absolute atomic E-state index is 13.0. The van der Waals surface area contributed by atoms with Gasteiger partial charge in [0.25, 0.3) is 0 Å². The third-order valence-corrected chi connectivity index (χ3v) is 4.53. The molecule has 3 rings (SSSR count). The fourth-order valence-corrected chi connectivity index (χ4v) is 3.24. The fraction of sp³-hybridized carbons (Fsp3) is 0.294. The zero-order valence-electron chi connectivity index (χ0n) is 13.6. The first kappa shape index (κ1) is 16.6. The summed E-state index contributed by atoms with van der Waals surface area (Å²) in [4.78, 5) is 19.4. The number of halogens is 1. The van der Waals surface area contributed by atoms with Crippen molar-refractivity contribution in [1.29, 1.82) is 0 Å². The van der Waals surface area contributed by atoms with Crippen LogP contribution in [0.3, 0.4) is 0 Å². The number of nitrogens with one attached hydrogen (secondary N) is 1. The Kier molecular flexibility index (Phi) is 4.92. The first-order chi connectivity index (χ1) is 11.5. The van der Waals surface area contributed by atoms with E-state index < -0.39 is 0 Å². The molecule has 0 radical (unpaired) electrons. The van der Waals surface area contributed by atoms with E-state index >= 15 is 0 Å². The predicted molar refractivity (Wildman–Crippen MR) is 93.7 cm³/mol. The van der Waals surface area contributed by atoms with E-state index in [-0.39, 0.29) is 11.7 Å². The van der Waals surface area contributed by atoms with Crippen LogP contribution in [0.25, 0.3) is 16.2 Å². The SMILES string of the molecule is CN(C)CCNC(=O)Cc1csc2nc(-c3ccc(F)cc3)cn12. The van der Waals surface area contributed by atoms with E-state index in [0.29, 0.717) is 13.0 Å². The number of hydrogen-bond donors (Lipinski definition) is 1. The summed E-state index contributed by atoms with van der Waals surface area (Å²) in [5.41, 5.74) is 2.53. The summed E-state index contributed by atoms with van der Waals surface area (Å²) in [6, 6.07) is 6.24. The van der Waals surface area contributed by atoms with E-state index in [4.69, 9.17) is 0 Å². The Morgan fingerprint density at radius 2 is 2.08 bits per heavy atom. The van der Waals surface area contributed by atoms with Gasteiger partial charge in [0.05, 0.1) is 12.1 Å². The molecule has 1 amide bonds. The lowest BCUT2D eigenvalue weighted by atomic mass is 10.2. The van der Waals surface area contributed by atoms with Crippen molar-refractivity contribution < 1.29 is 9.18 Å². The molecule has 0 unspecified atom stereocenters. The van der Waals surface area contributed by atoms with Gasteiger partial charge in [-0.15, -0.1) is 11.3 Å². The van der Waals surface area contributed by atoms with Crippen LogP contribution >= 0.6 is 11.3 Å². The number of aromatic nitrogens is 2. The number of rotatable bonds is 6. The summed E-state index contributed by atoms with van der Waals surface area (Å²) in [6.07, 6.45) is 2.20. The third-order valence-electron chi connectivity index (χ3n) is 3.65. The predicted octanol–water partition coefficient (Wildman–Crippen LogP) is 2.42. The van der Waals surface area contributed by atoms with E-state index in [9.17, 15) is 9.18 Å². The number of nitrogens with zero attached hydrogens (tertiary/aromatic N) is 3. The molecule has 0 spiro atoms. The molecule has 3 aromatic rings. The number of carbonyl (C=O) groups excluding carboxylic acids is 1. The van der Waals surface area contributed by atoms with Gasteiger partial charge in [0.1, 0.15) is 5.82 Å². The summed E-state index contributed by atoms with van der Waals surface area (Å²) in [6.45, 7) is 1.44. The van der Waals surface area contributed by atoms with Crippen molar-refractivity contribution in [2.45, 2.75) is 6.42 Å². The minimum atomic E-state index is -0.269. The Morgan fingerprint density at radius 3 is 2.79 bits per heavy atom. The molecule has 2 aromatic heterocycles. The van der Waals surface area contributed by atoms with Crippen molar-refractivity contribution in [3.63, 3.8) is 0 Å². The number of benzene rings is 1. The summed E-state index contributed by atoms with van der Waals surface area (Å²) < 4.78 is 15.0. The Hall–Kier alpha value is -2.25. The summed E-state index contributed by atoms with van der Waals surface area (Å²) in [7, 11) is 3.94. The van der Waals surface area contributed by atoms with Crippen LogP contribution in [-0.2, 0) is 11.2 Å². The molecule has 1 aromatic carbocycles. The van der Waals surface area contributed by atoms with Crippen molar-refractivity contribution in [2.24, 2.45) is 0 Å². The van der Waals surface area contributed by atoms with Crippen LogP contribution in [-0.4, -0.2) is 47.4 Å². The average Bonchev–Trinajstić information content (AvgIpc) is 3.10. The molecule has 0 atom stereocenters. The van der Waals surface area contributed by atoms with Crippen LogP contribution in [0.1, 0.15) is 5.69 Å². The van der Waals surface area contributed by atoms with Crippen molar-refractivity contribution in [3.8, 4) is 11.3 Å². The normalized spacial score (nSPS) is 11.3. The second-order valence-corrected chi connectivity index (χ2v) is 6.68. The summed E-state index contributed by atoms with van der Waals surface area (Å²) in [5, 5.41) is 4.86. The highest BCUT2D eigenvalue weighted by Crippen LogP contribution is 2.24. The maximum atomic E-state index is 13.0. The molecular weight excluding hydrogens is 327 g/mol. The van der Waals surface area contributed by atoms with Crippen molar-refractivity contribution in [3.05, 3.63) is 47.4 Å². The molecule has 24 heavy (non-hydrogen) atoms. The molecule has 0 aliphatic carbocycles. The van der Waals surface area contributed by atoms with Crippen LogP contribution in [0, 0.1) is 5.82 Å². The van der Waals surface area contributed by atoms with Gasteiger partial charge < -0.3 is 10.2 Å². The standard InChI is InChI=1S/C17H19FN4OS/c1-21(2)8-7-19-16(23)9-14-11-24-17-20-15(10-22(14)17)12-3-5-13(18)6-4-12/h3-6,10-11H,7-9H2,1-2H3,(H,19,23). The van der Waals surface area contributed by atoms with Gasteiger partial charge in [-0.05, 0) is 38.4 Å². The highest BCUT2D eigenvalue weighted by Gasteiger charge is 2.12. The molecule has 5 nitrogen and oxygen atoms in total. The highest BCUT2D eigenvalue weighted by molar-refractivity contribution is 7.15. The van der Waals surface area contributed by atoms with Crippen molar-refractivity contribution in [1.82, 2.24) is 19.6 Å². The quantitative estimate of drug-likeness (QED) is 0.746. The topological polar surface area (TPSA) is 49.6 Å². The zero-order chi connectivity index (χ0) is 17.1. The van der Waals surface area contributed by atoms with Gasteiger partial charge in [-0.1, -0.05) is 0 Å². The molecule has 0 bridgehead atoms. The van der Waals surface area contributed by atoms with Gasteiger partial charge in [0.15, 0.2) is 4.96 Å². The van der Waals surface area contributed by atoms with E-state index in [1.807, 2.05) is 35.0 Å². The largest absolute Gasteiger partial charge is 0.354 e. The van der Waals surface area contributed by atoms with Gasteiger partial charge in [-0.2, -0.15) is 0 Å². The summed E-state index contributed by atoms with van der Waals surface area (Å²) >= 11 is 1.49. The van der Waals surface area contributed by atoms with E-state index in [0.717, 1.165) is 28.5 Å². The van der Waals surface area contributed by atoms with Gasteiger partial charge in [-0.3, -0.25) is 9.20 Å². The van der Waals surface area contributed by atoms with Crippen LogP contribution in [0.2, 0.25) is 0 Å². The molecular formula is C17H19FN4OS.